The van der Waals surface area contributed by atoms with Crippen molar-refractivity contribution in [1.82, 2.24) is 15.4 Å². The summed E-state index contributed by atoms with van der Waals surface area (Å²) in [5, 5.41) is 6.17. The number of hydrogen-bond acceptors (Lipinski definition) is 4. The molecular weight excluding hydrogens is 443 g/mol. The van der Waals surface area contributed by atoms with Crippen molar-refractivity contribution in [2.24, 2.45) is 4.99 Å². The van der Waals surface area contributed by atoms with Crippen LogP contribution in [0.15, 0.2) is 34.2 Å². The van der Waals surface area contributed by atoms with E-state index in [1.807, 2.05) is 6.92 Å². The van der Waals surface area contributed by atoms with Gasteiger partial charge in [0.05, 0.1) is 4.90 Å². The van der Waals surface area contributed by atoms with E-state index >= 15 is 0 Å². The molecule has 0 aliphatic rings. The number of benzene rings is 1. The summed E-state index contributed by atoms with van der Waals surface area (Å²) < 4.78 is 31.7. The van der Waals surface area contributed by atoms with Crippen molar-refractivity contribution < 1.29 is 13.2 Å². The summed E-state index contributed by atoms with van der Waals surface area (Å²) in [7, 11) is -0.144. The number of ether oxygens (including phenoxy) is 1. The highest BCUT2D eigenvalue weighted by molar-refractivity contribution is 14.0. The van der Waals surface area contributed by atoms with E-state index in [-0.39, 0.29) is 35.4 Å². The summed E-state index contributed by atoms with van der Waals surface area (Å²) in [6.07, 6.45) is 0.872. The van der Waals surface area contributed by atoms with Gasteiger partial charge in [-0.2, -0.15) is 0 Å². The number of nitrogens with one attached hydrogen (secondary N) is 3. The number of hydrogen-bond donors (Lipinski definition) is 3. The minimum atomic E-state index is -3.47. The fourth-order valence-corrected chi connectivity index (χ4v) is 2.84. The van der Waals surface area contributed by atoms with Gasteiger partial charge in [0.15, 0.2) is 5.96 Å². The maximum atomic E-state index is 12.1. The lowest BCUT2D eigenvalue weighted by Crippen LogP contribution is -2.41. The molecule has 24 heavy (non-hydrogen) atoms. The molecule has 0 aliphatic heterocycles. The van der Waals surface area contributed by atoms with Gasteiger partial charge in [0.2, 0.25) is 10.0 Å². The number of sulfonamides is 1. The molecule has 0 atom stereocenters. The Morgan fingerprint density at radius 1 is 1.12 bits per heavy atom. The van der Waals surface area contributed by atoms with Gasteiger partial charge in [0.25, 0.3) is 0 Å². The first kappa shape index (κ1) is 23.1. The van der Waals surface area contributed by atoms with E-state index in [2.05, 4.69) is 20.3 Å². The zero-order valence-corrected chi connectivity index (χ0v) is 17.5. The van der Waals surface area contributed by atoms with Gasteiger partial charge in [-0.1, -0.05) is 17.7 Å². The molecule has 0 fully saturated rings. The maximum Gasteiger partial charge on any atom is 0.240 e. The summed E-state index contributed by atoms with van der Waals surface area (Å²) in [6.45, 7) is 4.05. The van der Waals surface area contributed by atoms with Crippen LogP contribution in [0.25, 0.3) is 0 Å². The van der Waals surface area contributed by atoms with E-state index < -0.39 is 10.0 Å². The number of rotatable bonds is 9. The van der Waals surface area contributed by atoms with E-state index in [4.69, 9.17) is 4.74 Å². The normalized spacial score (nSPS) is 11.7. The number of aryl methyl sites for hydroxylation is 1. The minimum absolute atomic E-state index is 0. The predicted octanol–water partition coefficient (Wildman–Crippen LogP) is 1.09. The molecule has 0 bridgehead atoms. The molecule has 0 spiro atoms. The van der Waals surface area contributed by atoms with E-state index in [1.54, 1.807) is 38.4 Å². The van der Waals surface area contributed by atoms with Crippen molar-refractivity contribution in [3.63, 3.8) is 0 Å². The van der Waals surface area contributed by atoms with Gasteiger partial charge in [0, 0.05) is 40.4 Å². The van der Waals surface area contributed by atoms with Crippen LogP contribution in [0.3, 0.4) is 0 Å². The fraction of sp³-hybridized carbons (Fsp3) is 0.533. The Balaban J connectivity index is 0.00000529. The average molecular weight is 470 g/mol. The lowest BCUT2D eigenvalue weighted by Gasteiger charge is -2.12. The SMILES string of the molecule is CN=C(NCCCOC)NCCNS(=O)(=O)c1ccc(C)cc1.I. The van der Waals surface area contributed by atoms with Crippen LogP contribution in [0.4, 0.5) is 0 Å². The highest BCUT2D eigenvalue weighted by Crippen LogP contribution is 2.09. The standard InChI is InChI=1S/C15H26N4O3S.HI/c1-13-5-7-14(8-6-13)23(20,21)19-11-10-18-15(16-2)17-9-4-12-22-3;/h5-8,19H,4,9-12H2,1-3H3,(H2,16,17,18);1H. The van der Waals surface area contributed by atoms with Crippen LogP contribution in [0.5, 0.6) is 0 Å². The van der Waals surface area contributed by atoms with Crippen molar-refractivity contribution in [2.45, 2.75) is 18.2 Å². The van der Waals surface area contributed by atoms with Crippen molar-refractivity contribution in [3.8, 4) is 0 Å². The van der Waals surface area contributed by atoms with E-state index in [0.717, 1.165) is 18.5 Å². The molecule has 1 aromatic rings. The number of halogens is 1. The molecule has 0 saturated heterocycles. The van der Waals surface area contributed by atoms with Gasteiger partial charge < -0.3 is 15.4 Å². The Hall–Kier alpha value is -0.910. The van der Waals surface area contributed by atoms with Gasteiger partial charge in [-0.15, -0.1) is 24.0 Å². The van der Waals surface area contributed by atoms with Gasteiger partial charge in [-0.3, -0.25) is 4.99 Å². The van der Waals surface area contributed by atoms with Crippen LogP contribution in [0.1, 0.15) is 12.0 Å². The van der Waals surface area contributed by atoms with Crippen LogP contribution >= 0.6 is 24.0 Å². The first-order valence-electron chi connectivity index (χ1n) is 7.49. The summed E-state index contributed by atoms with van der Waals surface area (Å²) in [4.78, 5) is 4.33. The third kappa shape index (κ3) is 8.81. The summed E-state index contributed by atoms with van der Waals surface area (Å²) >= 11 is 0. The highest BCUT2D eigenvalue weighted by Gasteiger charge is 2.12. The molecule has 3 N–H and O–H groups in total. The maximum absolute atomic E-state index is 12.1. The van der Waals surface area contributed by atoms with Crippen molar-refractivity contribution in [1.29, 1.82) is 0 Å². The van der Waals surface area contributed by atoms with Crippen molar-refractivity contribution >= 4 is 40.0 Å². The second-order valence-electron chi connectivity index (χ2n) is 4.98. The lowest BCUT2D eigenvalue weighted by molar-refractivity contribution is 0.195. The second kappa shape index (κ2) is 12.5. The lowest BCUT2D eigenvalue weighted by atomic mass is 10.2. The minimum Gasteiger partial charge on any atom is -0.385 e. The van der Waals surface area contributed by atoms with Gasteiger partial charge in [0.1, 0.15) is 0 Å². The Kier molecular flexibility index (Phi) is 12.0. The molecule has 0 aliphatic carbocycles. The van der Waals surface area contributed by atoms with E-state index in [9.17, 15) is 8.42 Å². The third-order valence-electron chi connectivity index (χ3n) is 3.08. The first-order valence-corrected chi connectivity index (χ1v) is 8.97. The topological polar surface area (TPSA) is 91.8 Å². The fourth-order valence-electron chi connectivity index (χ4n) is 1.81. The monoisotopic (exact) mass is 470 g/mol. The Morgan fingerprint density at radius 3 is 2.33 bits per heavy atom. The van der Waals surface area contributed by atoms with Crippen LogP contribution in [0, 0.1) is 6.92 Å². The number of methoxy groups -OCH3 is 1. The second-order valence-corrected chi connectivity index (χ2v) is 6.75. The van der Waals surface area contributed by atoms with E-state index in [1.165, 1.54) is 0 Å². The first-order chi connectivity index (χ1) is 11.0. The number of nitrogens with zero attached hydrogens (tertiary/aromatic N) is 1. The Bertz CT molecular complexity index is 591. The molecule has 0 aromatic heterocycles. The van der Waals surface area contributed by atoms with Crippen molar-refractivity contribution in [3.05, 3.63) is 29.8 Å². The average Bonchev–Trinajstić information content (AvgIpc) is 2.53. The molecule has 0 heterocycles. The molecule has 0 unspecified atom stereocenters. The molecular formula is C15H27IN4O3S. The molecule has 0 saturated carbocycles. The van der Waals surface area contributed by atoms with Gasteiger partial charge >= 0.3 is 0 Å². The highest BCUT2D eigenvalue weighted by atomic mass is 127. The molecule has 0 radical (unpaired) electrons. The molecule has 1 aromatic carbocycles. The zero-order chi connectivity index (χ0) is 17.1. The molecule has 7 nitrogen and oxygen atoms in total. The Labute approximate surface area is 161 Å². The third-order valence-corrected chi connectivity index (χ3v) is 4.56. The van der Waals surface area contributed by atoms with Crippen LogP contribution in [-0.2, 0) is 14.8 Å². The Morgan fingerprint density at radius 2 is 1.75 bits per heavy atom. The molecule has 0 amide bonds. The molecule has 138 valence electrons. The summed E-state index contributed by atoms with van der Waals surface area (Å²) in [6, 6.07) is 6.75. The predicted molar refractivity (Wildman–Crippen MR) is 108 cm³/mol. The zero-order valence-electron chi connectivity index (χ0n) is 14.3. The molecule has 1 rings (SSSR count). The van der Waals surface area contributed by atoms with Crippen LogP contribution in [-0.4, -0.2) is 54.8 Å². The number of aliphatic imine (C=N–C) groups is 1. The van der Waals surface area contributed by atoms with Crippen LogP contribution < -0.4 is 15.4 Å². The number of guanidine groups is 1. The largest absolute Gasteiger partial charge is 0.385 e. The molecule has 9 heteroatoms. The summed E-state index contributed by atoms with van der Waals surface area (Å²) in [5.74, 6) is 0.635. The van der Waals surface area contributed by atoms with Gasteiger partial charge in [-0.25, -0.2) is 13.1 Å². The smallest absolute Gasteiger partial charge is 0.240 e. The van der Waals surface area contributed by atoms with Crippen molar-refractivity contribution in [2.75, 3.05) is 40.4 Å². The summed E-state index contributed by atoms with van der Waals surface area (Å²) in [5.41, 5.74) is 1.02. The van der Waals surface area contributed by atoms with Gasteiger partial charge in [-0.05, 0) is 25.5 Å². The van der Waals surface area contributed by atoms with Crippen LogP contribution in [0.2, 0.25) is 0 Å². The quantitative estimate of drug-likeness (QED) is 0.218. The van der Waals surface area contributed by atoms with E-state index in [0.29, 0.717) is 19.1 Å².